The number of benzene rings is 1. The summed E-state index contributed by atoms with van der Waals surface area (Å²) in [6.07, 6.45) is 0.987. The van der Waals surface area contributed by atoms with E-state index in [2.05, 4.69) is 34.9 Å². The molecule has 0 radical (unpaired) electrons. The van der Waals surface area contributed by atoms with Gasteiger partial charge in [-0.15, -0.1) is 0 Å². The van der Waals surface area contributed by atoms with Gasteiger partial charge in [0.25, 0.3) is 0 Å². The Balaban J connectivity index is 2.11. The highest BCUT2D eigenvalue weighted by atomic mass is 16.2. The SMILES string of the molecule is CC(C)(C)C(=O)NC1CCNCC1c1ccccc1. The summed E-state index contributed by atoms with van der Waals surface area (Å²) in [6, 6.07) is 10.7. The van der Waals surface area contributed by atoms with Gasteiger partial charge in [-0.3, -0.25) is 4.79 Å². The predicted octanol–water partition coefficient (Wildman–Crippen LogP) is 2.29. The molecule has 1 aromatic rings. The Morgan fingerprint density at radius 1 is 1.26 bits per heavy atom. The molecule has 0 saturated carbocycles. The van der Waals surface area contributed by atoms with Gasteiger partial charge >= 0.3 is 0 Å². The van der Waals surface area contributed by atoms with Crippen molar-refractivity contribution in [3.63, 3.8) is 0 Å². The van der Waals surface area contributed by atoms with Crippen LogP contribution in [0.2, 0.25) is 0 Å². The van der Waals surface area contributed by atoms with Gasteiger partial charge in [0.1, 0.15) is 0 Å². The van der Waals surface area contributed by atoms with Crippen molar-refractivity contribution >= 4 is 5.91 Å². The monoisotopic (exact) mass is 260 g/mol. The highest BCUT2D eigenvalue weighted by Crippen LogP contribution is 2.25. The summed E-state index contributed by atoms with van der Waals surface area (Å²) in [6.45, 7) is 7.78. The third-order valence-electron chi connectivity index (χ3n) is 3.71. The van der Waals surface area contributed by atoms with Gasteiger partial charge in [0, 0.05) is 23.9 Å². The zero-order chi connectivity index (χ0) is 13.9. The minimum atomic E-state index is -0.327. The van der Waals surface area contributed by atoms with E-state index in [9.17, 15) is 4.79 Å². The fourth-order valence-corrected chi connectivity index (χ4v) is 2.47. The predicted molar refractivity (Wildman–Crippen MR) is 78.1 cm³/mol. The van der Waals surface area contributed by atoms with Crippen molar-refractivity contribution in [2.24, 2.45) is 5.41 Å². The smallest absolute Gasteiger partial charge is 0.225 e. The third-order valence-corrected chi connectivity index (χ3v) is 3.71. The highest BCUT2D eigenvalue weighted by Gasteiger charge is 2.30. The Bertz CT molecular complexity index is 422. The topological polar surface area (TPSA) is 41.1 Å². The van der Waals surface area contributed by atoms with Crippen LogP contribution in [0.4, 0.5) is 0 Å². The van der Waals surface area contributed by atoms with Crippen LogP contribution in [-0.4, -0.2) is 25.0 Å². The molecule has 19 heavy (non-hydrogen) atoms. The van der Waals surface area contributed by atoms with Gasteiger partial charge in [0.05, 0.1) is 0 Å². The number of hydrogen-bond acceptors (Lipinski definition) is 2. The first-order valence-electron chi connectivity index (χ1n) is 7.05. The van der Waals surface area contributed by atoms with E-state index in [0.717, 1.165) is 19.5 Å². The lowest BCUT2D eigenvalue weighted by Gasteiger charge is -2.35. The molecule has 1 fully saturated rings. The Morgan fingerprint density at radius 2 is 1.95 bits per heavy atom. The highest BCUT2D eigenvalue weighted by molar-refractivity contribution is 5.81. The molecule has 104 valence electrons. The van der Waals surface area contributed by atoms with Crippen molar-refractivity contribution < 1.29 is 4.79 Å². The maximum absolute atomic E-state index is 12.2. The summed E-state index contributed by atoms with van der Waals surface area (Å²) in [5, 5.41) is 6.65. The van der Waals surface area contributed by atoms with E-state index in [1.165, 1.54) is 5.56 Å². The first-order chi connectivity index (χ1) is 8.98. The molecule has 1 heterocycles. The quantitative estimate of drug-likeness (QED) is 0.856. The molecular formula is C16H24N2O. The Kier molecular flexibility index (Phi) is 4.25. The molecular weight excluding hydrogens is 236 g/mol. The van der Waals surface area contributed by atoms with E-state index in [1.807, 2.05) is 26.8 Å². The van der Waals surface area contributed by atoms with Crippen molar-refractivity contribution in [3.8, 4) is 0 Å². The van der Waals surface area contributed by atoms with Crippen LogP contribution in [0.1, 0.15) is 38.7 Å². The molecule has 3 heteroatoms. The summed E-state index contributed by atoms with van der Waals surface area (Å²) in [4.78, 5) is 12.2. The van der Waals surface area contributed by atoms with Crippen LogP contribution in [-0.2, 0) is 4.79 Å². The summed E-state index contributed by atoms with van der Waals surface area (Å²) in [5.74, 6) is 0.501. The number of nitrogens with one attached hydrogen (secondary N) is 2. The lowest BCUT2D eigenvalue weighted by molar-refractivity contribution is -0.129. The standard InChI is InChI=1S/C16H24N2O/c1-16(2,3)15(19)18-14-9-10-17-11-13(14)12-7-5-4-6-8-12/h4-8,13-14,17H,9-11H2,1-3H3,(H,18,19). The average molecular weight is 260 g/mol. The first kappa shape index (κ1) is 14.1. The van der Waals surface area contributed by atoms with E-state index < -0.39 is 0 Å². The second-order valence-electron chi connectivity index (χ2n) is 6.34. The lowest BCUT2D eigenvalue weighted by atomic mass is 9.85. The number of amides is 1. The van der Waals surface area contributed by atoms with Gasteiger partial charge in [-0.2, -0.15) is 0 Å². The van der Waals surface area contributed by atoms with Gasteiger partial charge in [-0.25, -0.2) is 0 Å². The van der Waals surface area contributed by atoms with Crippen LogP contribution in [0, 0.1) is 5.41 Å². The van der Waals surface area contributed by atoms with Crippen LogP contribution in [0.3, 0.4) is 0 Å². The Morgan fingerprint density at radius 3 is 2.58 bits per heavy atom. The van der Waals surface area contributed by atoms with Gasteiger partial charge < -0.3 is 10.6 Å². The first-order valence-corrected chi connectivity index (χ1v) is 7.05. The van der Waals surface area contributed by atoms with Crippen LogP contribution >= 0.6 is 0 Å². The molecule has 1 aliphatic rings. The van der Waals surface area contributed by atoms with E-state index in [4.69, 9.17) is 0 Å². The average Bonchev–Trinajstić information content (AvgIpc) is 2.39. The second kappa shape index (κ2) is 5.74. The van der Waals surface area contributed by atoms with Crippen LogP contribution < -0.4 is 10.6 Å². The number of hydrogen-bond donors (Lipinski definition) is 2. The van der Waals surface area contributed by atoms with Crippen LogP contribution in [0.15, 0.2) is 30.3 Å². The Hall–Kier alpha value is -1.35. The fourth-order valence-electron chi connectivity index (χ4n) is 2.47. The van der Waals surface area contributed by atoms with E-state index >= 15 is 0 Å². The van der Waals surface area contributed by atoms with Crippen molar-refractivity contribution in [1.29, 1.82) is 0 Å². The summed E-state index contributed by atoms with van der Waals surface area (Å²) >= 11 is 0. The second-order valence-corrected chi connectivity index (χ2v) is 6.34. The van der Waals surface area contributed by atoms with Gasteiger partial charge in [-0.05, 0) is 18.5 Å². The number of carbonyl (C=O) groups is 1. The number of piperidine rings is 1. The molecule has 1 aliphatic heterocycles. The molecule has 2 atom stereocenters. The van der Waals surface area contributed by atoms with E-state index in [1.54, 1.807) is 0 Å². The van der Waals surface area contributed by atoms with Crippen LogP contribution in [0.5, 0.6) is 0 Å². The molecule has 0 bridgehead atoms. The third kappa shape index (κ3) is 3.57. The van der Waals surface area contributed by atoms with Crippen molar-refractivity contribution in [3.05, 3.63) is 35.9 Å². The van der Waals surface area contributed by atoms with Crippen molar-refractivity contribution in [2.45, 2.75) is 39.2 Å². The van der Waals surface area contributed by atoms with Crippen LogP contribution in [0.25, 0.3) is 0 Å². The van der Waals surface area contributed by atoms with Gasteiger partial charge in [-0.1, -0.05) is 51.1 Å². The minimum Gasteiger partial charge on any atom is -0.352 e. The normalized spacial score (nSPS) is 23.9. The maximum atomic E-state index is 12.2. The molecule has 0 aliphatic carbocycles. The molecule has 0 spiro atoms. The minimum absolute atomic E-state index is 0.139. The van der Waals surface area contributed by atoms with E-state index in [0.29, 0.717) is 5.92 Å². The molecule has 2 unspecified atom stereocenters. The van der Waals surface area contributed by atoms with Gasteiger partial charge in [0.2, 0.25) is 5.91 Å². The molecule has 3 nitrogen and oxygen atoms in total. The molecule has 1 aromatic carbocycles. The zero-order valence-electron chi connectivity index (χ0n) is 12.1. The van der Waals surface area contributed by atoms with E-state index in [-0.39, 0.29) is 17.4 Å². The lowest BCUT2D eigenvalue weighted by Crippen LogP contribution is -2.50. The van der Waals surface area contributed by atoms with Crippen molar-refractivity contribution in [2.75, 3.05) is 13.1 Å². The largest absolute Gasteiger partial charge is 0.352 e. The summed E-state index contributed by atoms with van der Waals surface area (Å²) < 4.78 is 0. The molecule has 1 amide bonds. The van der Waals surface area contributed by atoms with Gasteiger partial charge in [0.15, 0.2) is 0 Å². The molecule has 2 N–H and O–H groups in total. The molecule has 1 saturated heterocycles. The maximum Gasteiger partial charge on any atom is 0.225 e. The summed E-state index contributed by atoms with van der Waals surface area (Å²) in [7, 11) is 0. The molecule has 2 rings (SSSR count). The molecule has 0 aromatic heterocycles. The zero-order valence-corrected chi connectivity index (χ0v) is 12.1. The Labute approximate surface area is 115 Å². The van der Waals surface area contributed by atoms with Crippen molar-refractivity contribution in [1.82, 2.24) is 10.6 Å². The fraction of sp³-hybridized carbons (Fsp3) is 0.562. The summed E-state index contributed by atoms with van der Waals surface area (Å²) in [5.41, 5.74) is 0.973. The number of carbonyl (C=O) groups excluding carboxylic acids is 1. The number of rotatable bonds is 2.